The average molecular weight is 253 g/mol. The summed E-state index contributed by atoms with van der Waals surface area (Å²) in [6.45, 7) is 0. The minimum Gasteiger partial charge on any atom is 0 e. The molecule has 0 aromatic carbocycles. The van der Waals surface area contributed by atoms with Gasteiger partial charge in [0, 0.05) is 21.1 Å². The fraction of sp³-hybridized carbons (Fsp3) is 0. The van der Waals surface area contributed by atoms with E-state index >= 15 is 0 Å². The van der Waals surface area contributed by atoms with Crippen molar-refractivity contribution in [2.24, 2.45) is 0 Å². The van der Waals surface area contributed by atoms with Crippen LogP contribution in [0.1, 0.15) is 0 Å². The van der Waals surface area contributed by atoms with Crippen LogP contribution < -0.4 is 0 Å². The van der Waals surface area contributed by atoms with Crippen molar-refractivity contribution in [1.29, 1.82) is 0 Å². The van der Waals surface area contributed by atoms with Crippen molar-refractivity contribution in [1.82, 2.24) is 0 Å². The molecular weight excluding hydrogens is 253 g/mol. The Labute approximate surface area is 49.0 Å². The van der Waals surface area contributed by atoms with Gasteiger partial charge in [-0.05, 0) is 0 Å². The SMILES string of the molecule is [B]#[Ti]#[B].[W]. The summed E-state index contributed by atoms with van der Waals surface area (Å²) >= 11 is -0.500. The summed E-state index contributed by atoms with van der Waals surface area (Å²) in [4.78, 5) is 0. The number of hydrogen-bond acceptors (Lipinski definition) is 0. The Morgan fingerprint density at radius 1 is 1.25 bits per heavy atom. The maximum atomic E-state index is 4.75. The standard InChI is InChI=1S/2B.Ti.W. The summed E-state index contributed by atoms with van der Waals surface area (Å²) in [5.41, 5.74) is 0. The molecule has 0 bridgehead atoms. The van der Waals surface area contributed by atoms with E-state index in [0.717, 1.165) is 0 Å². The second-order valence-electron chi connectivity index (χ2n) is 0.167. The topological polar surface area (TPSA) is 0 Å². The molecule has 0 aliphatic carbocycles. The van der Waals surface area contributed by atoms with Crippen LogP contribution in [-0.2, 0) is 38.4 Å². The van der Waals surface area contributed by atoms with Crippen molar-refractivity contribution in [3.05, 3.63) is 0 Å². The van der Waals surface area contributed by atoms with Crippen LogP contribution >= 0.6 is 0 Å². The van der Waals surface area contributed by atoms with E-state index in [4.69, 9.17) is 10.8 Å². The molecule has 0 atom stereocenters. The van der Waals surface area contributed by atoms with E-state index < -0.39 is 17.4 Å². The van der Waals surface area contributed by atoms with E-state index in [2.05, 4.69) is 0 Å². The van der Waals surface area contributed by atoms with Gasteiger partial charge in [0.2, 0.25) is 0 Å². The molecule has 0 nitrogen and oxygen atoms in total. The minimum absolute atomic E-state index is 0. The second kappa shape index (κ2) is 8.82. The molecule has 0 radical (unpaired) electrons. The van der Waals surface area contributed by atoms with Gasteiger partial charge in [-0.25, -0.2) is 0 Å². The molecule has 0 heterocycles. The molecule has 4 heavy (non-hydrogen) atoms. The van der Waals surface area contributed by atoms with Crippen LogP contribution in [0.5, 0.6) is 0 Å². The van der Waals surface area contributed by atoms with Crippen LogP contribution in [0.3, 0.4) is 0 Å². The first-order valence-electron chi connectivity index (χ1n) is 0.577. The summed E-state index contributed by atoms with van der Waals surface area (Å²) in [5, 5.41) is 9.50. The summed E-state index contributed by atoms with van der Waals surface area (Å²) < 4.78 is 0. The molecule has 0 rings (SSSR count). The number of rotatable bonds is 0. The maximum absolute atomic E-state index is 4.75. The average Bonchev–Trinajstić information content (AvgIpc) is 0.918. The third-order valence-corrected chi connectivity index (χ3v) is 0. The first-order valence-corrected chi connectivity index (χ1v) is 2.38. The quantitative estimate of drug-likeness (QED) is 0.498. The van der Waals surface area contributed by atoms with Crippen LogP contribution in [0, 0.1) is 0 Å². The molecule has 4 heteroatoms. The Morgan fingerprint density at radius 3 is 1.25 bits per heavy atom. The van der Waals surface area contributed by atoms with Gasteiger partial charge in [-0.2, -0.15) is 0 Å². The Balaban J connectivity index is 0. The zero-order valence-corrected chi connectivity index (χ0v) is 6.56. The van der Waals surface area contributed by atoms with E-state index in [-0.39, 0.29) is 21.1 Å². The third-order valence-electron chi connectivity index (χ3n) is 0. The van der Waals surface area contributed by atoms with Gasteiger partial charge < -0.3 is 0 Å². The van der Waals surface area contributed by atoms with Crippen LogP contribution in [0.15, 0.2) is 0 Å². The van der Waals surface area contributed by atoms with Crippen molar-refractivity contribution < 1.29 is 38.4 Å². The molecule has 0 spiro atoms. The van der Waals surface area contributed by atoms with E-state index in [9.17, 15) is 0 Å². The van der Waals surface area contributed by atoms with Crippen molar-refractivity contribution in [2.45, 2.75) is 0 Å². The van der Waals surface area contributed by atoms with Crippen molar-refractivity contribution >= 4 is 10.8 Å². The van der Waals surface area contributed by atoms with Crippen molar-refractivity contribution in [2.75, 3.05) is 0 Å². The molecule has 0 aromatic rings. The zero-order valence-electron chi connectivity index (χ0n) is 2.06. The fourth-order valence-corrected chi connectivity index (χ4v) is 0. The fourth-order valence-electron chi connectivity index (χ4n) is 0. The van der Waals surface area contributed by atoms with Crippen LogP contribution in [-0.4, -0.2) is 10.8 Å². The Kier molecular flexibility index (Phi) is 20.1. The van der Waals surface area contributed by atoms with Crippen molar-refractivity contribution in [3.8, 4) is 0 Å². The summed E-state index contributed by atoms with van der Waals surface area (Å²) in [7, 11) is 0. The predicted octanol–water partition coefficient (Wildman–Crippen LogP) is -0.767. The van der Waals surface area contributed by atoms with Gasteiger partial charge >= 0.3 is 28.1 Å². The Morgan fingerprint density at radius 2 is 1.25 bits per heavy atom. The van der Waals surface area contributed by atoms with E-state index in [1.807, 2.05) is 0 Å². The van der Waals surface area contributed by atoms with Gasteiger partial charge in [0.1, 0.15) is 0 Å². The predicted molar refractivity (Wildman–Crippen MR) is 11.5 cm³/mol. The van der Waals surface area contributed by atoms with Crippen LogP contribution in [0.2, 0.25) is 0 Å². The van der Waals surface area contributed by atoms with Crippen LogP contribution in [0.4, 0.5) is 0 Å². The second-order valence-corrected chi connectivity index (χ2v) is 0.687. The minimum atomic E-state index is -0.500. The molecule has 0 unspecified atom stereocenters. The molecule has 0 N–H and O–H groups in total. The monoisotopic (exact) mass is 254 g/mol. The number of hydrogen-bond donors (Lipinski definition) is 0. The molecule has 0 aromatic heterocycles. The normalized spacial score (nSPS) is 6.00. The first kappa shape index (κ1) is 9.11. The summed E-state index contributed by atoms with van der Waals surface area (Å²) in [5.74, 6) is 0. The molecule has 0 fully saturated rings. The molecule has 0 amide bonds. The molecule has 0 saturated carbocycles. The third kappa shape index (κ3) is 9.65. The zero-order chi connectivity index (χ0) is 2.71. The summed E-state index contributed by atoms with van der Waals surface area (Å²) in [6, 6.07) is 0. The van der Waals surface area contributed by atoms with Gasteiger partial charge in [-0.15, -0.1) is 0 Å². The smallest absolute Gasteiger partial charge is 0 e. The van der Waals surface area contributed by atoms with Crippen molar-refractivity contribution in [3.63, 3.8) is 0 Å². The van der Waals surface area contributed by atoms with E-state index in [1.54, 1.807) is 0 Å². The Bertz CT molecular complexity index is 79.2. The largest absolute Gasteiger partial charge is 0 e. The molecular formula is B2TiW. The molecule has 16 valence electrons. The van der Waals surface area contributed by atoms with E-state index in [0.29, 0.717) is 0 Å². The van der Waals surface area contributed by atoms with Gasteiger partial charge in [0.05, 0.1) is 0 Å². The molecule has 0 aliphatic rings. The first-order chi connectivity index (χ1) is 1.41. The van der Waals surface area contributed by atoms with Gasteiger partial charge in [0.15, 0.2) is 0 Å². The van der Waals surface area contributed by atoms with Gasteiger partial charge in [-0.3, -0.25) is 0 Å². The maximum Gasteiger partial charge on any atom is 0 e. The Hall–Kier alpha value is 1.53. The van der Waals surface area contributed by atoms with Crippen LogP contribution in [0.25, 0.3) is 0 Å². The van der Waals surface area contributed by atoms with Gasteiger partial charge in [-0.1, -0.05) is 0 Å². The molecule has 0 saturated heterocycles. The van der Waals surface area contributed by atoms with Gasteiger partial charge in [0.25, 0.3) is 0 Å². The van der Waals surface area contributed by atoms with E-state index in [1.165, 1.54) is 0 Å². The summed E-state index contributed by atoms with van der Waals surface area (Å²) in [6.07, 6.45) is 0. The molecule has 0 aliphatic heterocycles.